The van der Waals surface area contributed by atoms with Crippen molar-refractivity contribution in [3.05, 3.63) is 54.3 Å². The Morgan fingerprint density at radius 3 is 2.24 bits per heavy atom. The van der Waals surface area contributed by atoms with Crippen LogP contribution in [0.15, 0.2) is 53.4 Å². The zero-order valence-corrected chi connectivity index (χ0v) is 15.8. The van der Waals surface area contributed by atoms with E-state index in [2.05, 4.69) is 12.1 Å². The Labute approximate surface area is 115 Å². The number of rotatable bonds is 4. The van der Waals surface area contributed by atoms with E-state index in [1.54, 1.807) is 7.11 Å². The SMILES string of the molecule is COc1cc[c]([Hg][S]c2ccc(F)cc2)cc1. The first-order chi connectivity index (χ1) is 8.28. The summed E-state index contributed by atoms with van der Waals surface area (Å²) in [7, 11) is 3.58. The van der Waals surface area contributed by atoms with E-state index in [0.717, 1.165) is 5.75 Å². The van der Waals surface area contributed by atoms with Crippen LogP contribution < -0.4 is 7.81 Å². The van der Waals surface area contributed by atoms with Crippen molar-refractivity contribution in [2.45, 2.75) is 4.90 Å². The van der Waals surface area contributed by atoms with Crippen LogP contribution in [0.1, 0.15) is 0 Å². The first-order valence-corrected chi connectivity index (χ1v) is 15.8. The summed E-state index contributed by atoms with van der Waals surface area (Å²) in [5.74, 6) is 0.726. The van der Waals surface area contributed by atoms with Crippen molar-refractivity contribution in [1.29, 1.82) is 0 Å². The Bertz CT molecular complexity index is 470. The Kier molecular flexibility index (Phi) is 4.86. The fourth-order valence-corrected chi connectivity index (χ4v) is 11.6. The first-order valence-electron chi connectivity index (χ1n) is 5.29. The van der Waals surface area contributed by atoms with E-state index < -0.39 is 23.1 Å². The molecule has 4 heteroatoms. The number of ether oxygens (including phenoxy) is 1. The van der Waals surface area contributed by atoms with Crippen molar-refractivity contribution in [3.8, 4) is 5.75 Å². The van der Waals surface area contributed by atoms with Gasteiger partial charge in [-0.2, -0.15) is 0 Å². The van der Waals surface area contributed by atoms with Crippen LogP contribution in [-0.4, -0.2) is 7.11 Å². The van der Waals surface area contributed by atoms with E-state index >= 15 is 0 Å². The number of hydrogen-bond acceptors (Lipinski definition) is 2. The van der Waals surface area contributed by atoms with Crippen LogP contribution in [0.25, 0.3) is 0 Å². The third kappa shape index (κ3) is 4.00. The van der Waals surface area contributed by atoms with Gasteiger partial charge < -0.3 is 0 Å². The molecule has 0 heterocycles. The fourth-order valence-electron chi connectivity index (χ4n) is 1.42. The van der Waals surface area contributed by atoms with E-state index in [4.69, 9.17) is 4.74 Å². The molecule has 0 amide bonds. The summed E-state index contributed by atoms with van der Waals surface area (Å²) in [4.78, 5) is 1.17. The maximum absolute atomic E-state index is 12.7. The van der Waals surface area contributed by atoms with Gasteiger partial charge in [0.2, 0.25) is 0 Å². The van der Waals surface area contributed by atoms with E-state index in [1.807, 2.05) is 32.5 Å². The topological polar surface area (TPSA) is 9.23 Å². The minimum absolute atomic E-state index is 0.171. The van der Waals surface area contributed by atoms with Gasteiger partial charge in [-0.05, 0) is 0 Å². The summed E-state index contributed by atoms with van der Waals surface area (Å²) in [6.07, 6.45) is 0. The van der Waals surface area contributed by atoms with Crippen molar-refractivity contribution in [3.63, 3.8) is 0 Å². The van der Waals surface area contributed by atoms with Crippen LogP contribution >= 0.6 is 8.24 Å². The maximum atomic E-state index is 12.7. The van der Waals surface area contributed by atoms with E-state index in [-0.39, 0.29) is 5.82 Å². The van der Waals surface area contributed by atoms with E-state index in [0.29, 0.717) is 0 Å². The molecule has 1 nitrogen and oxygen atoms in total. The van der Waals surface area contributed by atoms with Gasteiger partial charge in [-0.3, -0.25) is 0 Å². The Hall–Kier alpha value is -0.545. The molecule has 0 atom stereocenters. The molecule has 0 aliphatic rings. The van der Waals surface area contributed by atoms with Crippen LogP contribution in [0.5, 0.6) is 5.75 Å². The van der Waals surface area contributed by atoms with E-state index in [1.165, 1.54) is 20.1 Å². The molecule has 0 spiro atoms. The van der Waals surface area contributed by atoms with Gasteiger partial charge in [-0.25, -0.2) is 0 Å². The standard InChI is InChI=1S/C7H7O.C6H5FS.Hg/c1-8-7-5-3-2-4-6-7;7-5-1-3-6(8)4-2-5;/h3-6H,1H3;1-4,8H;/q;;+1/p-1. The molecule has 17 heavy (non-hydrogen) atoms. The third-order valence-corrected chi connectivity index (χ3v) is 14.8. The van der Waals surface area contributed by atoms with Gasteiger partial charge in [0.05, 0.1) is 0 Å². The molecule has 0 aliphatic heterocycles. The Morgan fingerprint density at radius 1 is 1.00 bits per heavy atom. The van der Waals surface area contributed by atoms with Crippen molar-refractivity contribution >= 4 is 11.3 Å². The molecule has 0 fully saturated rings. The van der Waals surface area contributed by atoms with E-state index in [9.17, 15) is 4.39 Å². The van der Waals surface area contributed by atoms with Gasteiger partial charge in [0.25, 0.3) is 0 Å². The van der Waals surface area contributed by atoms with Gasteiger partial charge in [0.1, 0.15) is 0 Å². The molecule has 0 saturated carbocycles. The molecule has 84 valence electrons. The molecule has 0 aliphatic carbocycles. The number of halogens is 1. The van der Waals surface area contributed by atoms with Crippen molar-refractivity contribution in [2.24, 2.45) is 0 Å². The molecular formula is C13H11FHgOS. The average Bonchev–Trinajstić information content (AvgIpc) is 2.39. The number of benzene rings is 2. The normalized spacial score (nSPS) is 9.76. The fraction of sp³-hybridized carbons (Fsp3) is 0.0769. The van der Waals surface area contributed by atoms with Gasteiger partial charge in [0, 0.05) is 0 Å². The third-order valence-electron chi connectivity index (χ3n) is 2.38. The molecule has 2 aromatic carbocycles. The molecule has 0 N–H and O–H groups in total. The van der Waals surface area contributed by atoms with Crippen LogP contribution in [0.4, 0.5) is 4.39 Å². The molecule has 2 aromatic rings. The molecule has 0 radical (unpaired) electrons. The minimum atomic E-state index is -1.17. The molecule has 0 saturated heterocycles. The van der Waals surface area contributed by atoms with Gasteiger partial charge in [-0.1, -0.05) is 0 Å². The zero-order valence-electron chi connectivity index (χ0n) is 9.52. The molecule has 0 aromatic heterocycles. The van der Waals surface area contributed by atoms with Crippen LogP contribution in [0, 0.1) is 5.82 Å². The average molecular weight is 435 g/mol. The van der Waals surface area contributed by atoms with Crippen LogP contribution in [-0.2, 0) is 23.1 Å². The van der Waals surface area contributed by atoms with Gasteiger partial charge >= 0.3 is 116 Å². The van der Waals surface area contributed by atoms with Crippen molar-refractivity contribution in [2.75, 3.05) is 7.11 Å². The summed E-state index contributed by atoms with van der Waals surface area (Å²) in [5.41, 5.74) is 0. The number of hydrogen-bond donors (Lipinski definition) is 0. The summed E-state index contributed by atoms with van der Waals surface area (Å²) in [5, 5.41) is 0. The van der Waals surface area contributed by atoms with Crippen molar-refractivity contribution in [1.82, 2.24) is 0 Å². The molecule has 0 bridgehead atoms. The number of methoxy groups -OCH3 is 1. The molecule has 0 unspecified atom stereocenters. The summed E-state index contributed by atoms with van der Waals surface area (Å²) in [6.45, 7) is 0. The predicted molar refractivity (Wildman–Crippen MR) is 64.9 cm³/mol. The van der Waals surface area contributed by atoms with Gasteiger partial charge in [0.15, 0.2) is 0 Å². The van der Waals surface area contributed by atoms with Crippen molar-refractivity contribution < 1.29 is 32.2 Å². The first kappa shape index (κ1) is 12.9. The van der Waals surface area contributed by atoms with Crippen LogP contribution in [0.2, 0.25) is 0 Å². The predicted octanol–water partition coefficient (Wildman–Crippen LogP) is 3.25. The quantitative estimate of drug-likeness (QED) is 0.683. The van der Waals surface area contributed by atoms with Crippen LogP contribution in [0.3, 0.4) is 0 Å². The Morgan fingerprint density at radius 2 is 1.65 bits per heavy atom. The second kappa shape index (κ2) is 6.40. The van der Waals surface area contributed by atoms with Gasteiger partial charge in [-0.15, -0.1) is 0 Å². The summed E-state index contributed by atoms with van der Waals surface area (Å²) in [6, 6.07) is 15.0. The summed E-state index contributed by atoms with van der Waals surface area (Å²) < 4.78 is 19.3. The molecule has 2 rings (SSSR count). The molecular weight excluding hydrogens is 424 g/mol. The monoisotopic (exact) mass is 436 g/mol. The second-order valence-electron chi connectivity index (χ2n) is 3.59. The zero-order chi connectivity index (χ0) is 12.1. The Balaban J connectivity index is 1.95. The summed E-state index contributed by atoms with van der Waals surface area (Å²) >= 11 is -1.17. The second-order valence-corrected chi connectivity index (χ2v) is 14.5.